The van der Waals surface area contributed by atoms with E-state index in [9.17, 15) is 0 Å². The molecule has 1 aromatic rings. The molecule has 2 N–H and O–H groups in total. The van der Waals surface area contributed by atoms with Gasteiger partial charge in [0.05, 0.1) is 6.04 Å². The molecule has 0 aliphatic carbocycles. The predicted molar refractivity (Wildman–Crippen MR) is 71.3 cm³/mol. The van der Waals surface area contributed by atoms with Crippen molar-refractivity contribution in [3.63, 3.8) is 0 Å². The van der Waals surface area contributed by atoms with Crippen LogP contribution in [0.3, 0.4) is 0 Å². The van der Waals surface area contributed by atoms with Crippen LogP contribution in [-0.2, 0) is 0 Å². The van der Waals surface area contributed by atoms with Gasteiger partial charge in [0.25, 0.3) is 0 Å². The monoisotopic (exact) mass is 290 g/mol. The molecule has 15 heavy (non-hydrogen) atoms. The fourth-order valence-corrected chi connectivity index (χ4v) is 3.19. The van der Waals surface area contributed by atoms with Gasteiger partial charge in [0.15, 0.2) is 0 Å². The van der Waals surface area contributed by atoms with Crippen LogP contribution in [0.15, 0.2) is 15.9 Å². The van der Waals surface area contributed by atoms with Crippen LogP contribution in [-0.4, -0.2) is 24.5 Å². The van der Waals surface area contributed by atoms with Gasteiger partial charge in [-0.3, -0.25) is 4.90 Å². The van der Waals surface area contributed by atoms with Crippen molar-refractivity contribution < 1.29 is 0 Å². The Morgan fingerprint density at radius 2 is 2.27 bits per heavy atom. The quantitative estimate of drug-likeness (QED) is 0.902. The molecule has 0 amide bonds. The standard InChI is InChI=1S/C11H19BrN2S/c1-4-8(2)14(3)10(6-13)11-5-9(12)7-15-11/h5,7-8,10H,4,6,13H2,1-3H3. The number of rotatable bonds is 5. The summed E-state index contributed by atoms with van der Waals surface area (Å²) in [5.74, 6) is 0. The molecule has 0 saturated heterocycles. The molecule has 2 unspecified atom stereocenters. The second-order valence-electron chi connectivity index (χ2n) is 3.84. The second-order valence-corrected chi connectivity index (χ2v) is 5.70. The maximum atomic E-state index is 5.86. The average molecular weight is 291 g/mol. The fraction of sp³-hybridized carbons (Fsp3) is 0.636. The number of halogens is 1. The molecule has 1 heterocycles. The first-order valence-electron chi connectivity index (χ1n) is 5.26. The molecular weight excluding hydrogens is 272 g/mol. The van der Waals surface area contributed by atoms with Crippen LogP contribution < -0.4 is 5.73 Å². The summed E-state index contributed by atoms with van der Waals surface area (Å²) in [4.78, 5) is 3.70. The topological polar surface area (TPSA) is 29.3 Å². The summed E-state index contributed by atoms with van der Waals surface area (Å²) in [7, 11) is 2.15. The van der Waals surface area contributed by atoms with Crippen molar-refractivity contribution in [2.45, 2.75) is 32.4 Å². The van der Waals surface area contributed by atoms with Crippen LogP contribution in [0, 0.1) is 0 Å². The van der Waals surface area contributed by atoms with E-state index in [2.05, 4.69) is 53.2 Å². The Morgan fingerprint density at radius 3 is 2.67 bits per heavy atom. The van der Waals surface area contributed by atoms with Gasteiger partial charge in [0.2, 0.25) is 0 Å². The number of thiophene rings is 1. The van der Waals surface area contributed by atoms with Crippen molar-refractivity contribution in [2.24, 2.45) is 5.73 Å². The lowest BCUT2D eigenvalue weighted by molar-refractivity contribution is 0.187. The van der Waals surface area contributed by atoms with E-state index < -0.39 is 0 Å². The zero-order valence-electron chi connectivity index (χ0n) is 9.53. The van der Waals surface area contributed by atoms with Gasteiger partial charge in [-0.2, -0.15) is 0 Å². The number of nitrogens with two attached hydrogens (primary N) is 1. The summed E-state index contributed by atoms with van der Waals surface area (Å²) in [5, 5.41) is 2.11. The second kappa shape index (κ2) is 5.99. The van der Waals surface area contributed by atoms with E-state index in [1.165, 1.54) is 4.88 Å². The van der Waals surface area contributed by atoms with Gasteiger partial charge < -0.3 is 5.73 Å². The first-order chi connectivity index (χ1) is 7.10. The average Bonchev–Trinajstić information content (AvgIpc) is 2.64. The van der Waals surface area contributed by atoms with Gasteiger partial charge in [-0.1, -0.05) is 6.92 Å². The lowest BCUT2D eigenvalue weighted by Crippen LogP contribution is -2.36. The summed E-state index contributed by atoms with van der Waals surface area (Å²) in [6, 6.07) is 3.08. The van der Waals surface area contributed by atoms with E-state index in [0.717, 1.165) is 10.9 Å². The minimum absolute atomic E-state index is 0.344. The van der Waals surface area contributed by atoms with Gasteiger partial charge in [-0.05, 0) is 42.4 Å². The molecule has 4 heteroatoms. The van der Waals surface area contributed by atoms with Crippen molar-refractivity contribution in [3.8, 4) is 0 Å². The van der Waals surface area contributed by atoms with Crippen LogP contribution in [0.2, 0.25) is 0 Å². The van der Waals surface area contributed by atoms with E-state index in [-0.39, 0.29) is 0 Å². The lowest BCUT2D eigenvalue weighted by atomic mass is 10.1. The molecular formula is C11H19BrN2S. The highest BCUT2D eigenvalue weighted by atomic mass is 79.9. The molecule has 0 aliphatic heterocycles. The third-order valence-corrected chi connectivity index (χ3v) is 4.71. The zero-order valence-corrected chi connectivity index (χ0v) is 11.9. The molecule has 86 valence electrons. The Balaban J connectivity index is 2.79. The first-order valence-corrected chi connectivity index (χ1v) is 6.93. The number of likely N-dealkylation sites (N-methyl/N-ethyl adjacent to an activating group) is 1. The van der Waals surface area contributed by atoms with Gasteiger partial charge in [-0.15, -0.1) is 11.3 Å². The summed E-state index contributed by atoms with van der Waals surface area (Å²) >= 11 is 5.25. The van der Waals surface area contributed by atoms with Gasteiger partial charge in [-0.25, -0.2) is 0 Å². The minimum Gasteiger partial charge on any atom is -0.329 e. The molecule has 0 fully saturated rings. The largest absolute Gasteiger partial charge is 0.329 e. The van der Waals surface area contributed by atoms with Crippen molar-refractivity contribution in [3.05, 3.63) is 20.8 Å². The molecule has 1 aromatic heterocycles. The number of nitrogens with zero attached hydrogens (tertiary/aromatic N) is 1. The van der Waals surface area contributed by atoms with E-state index in [1.807, 2.05) is 0 Å². The molecule has 0 aromatic carbocycles. The molecule has 0 spiro atoms. The molecule has 0 aliphatic rings. The summed E-state index contributed by atoms with van der Waals surface area (Å²) in [6.07, 6.45) is 1.15. The van der Waals surface area contributed by atoms with Crippen LogP contribution in [0.4, 0.5) is 0 Å². The molecule has 0 radical (unpaired) electrons. The Hall–Kier alpha value is 0.1000. The van der Waals surface area contributed by atoms with Gasteiger partial charge in [0, 0.05) is 27.3 Å². The highest BCUT2D eigenvalue weighted by Gasteiger charge is 2.20. The lowest BCUT2D eigenvalue weighted by Gasteiger charge is -2.31. The maximum absolute atomic E-state index is 5.86. The van der Waals surface area contributed by atoms with Crippen LogP contribution in [0.1, 0.15) is 31.2 Å². The Bertz CT molecular complexity index is 301. The Morgan fingerprint density at radius 1 is 1.60 bits per heavy atom. The van der Waals surface area contributed by atoms with Crippen LogP contribution >= 0.6 is 27.3 Å². The smallest absolute Gasteiger partial charge is 0.0564 e. The SMILES string of the molecule is CCC(C)N(C)C(CN)c1cc(Br)cs1. The summed E-state index contributed by atoms with van der Waals surface area (Å²) in [5.41, 5.74) is 5.86. The summed E-state index contributed by atoms with van der Waals surface area (Å²) in [6.45, 7) is 5.12. The Labute approximate surface area is 105 Å². The number of hydrogen-bond acceptors (Lipinski definition) is 3. The normalized spacial score (nSPS) is 15.6. The first kappa shape index (κ1) is 13.2. The zero-order chi connectivity index (χ0) is 11.4. The highest BCUT2D eigenvalue weighted by molar-refractivity contribution is 9.10. The minimum atomic E-state index is 0.344. The van der Waals surface area contributed by atoms with Crippen LogP contribution in [0.5, 0.6) is 0 Å². The highest BCUT2D eigenvalue weighted by Crippen LogP contribution is 2.29. The number of hydrogen-bond donors (Lipinski definition) is 1. The predicted octanol–water partition coefficient (Wildman–Crippen LogP) is 3.24. The van der Waals surface area contributed by atoms with Crippen molar-refractivity contribution in [1.82, 2.24) is 4.90 Å². The van der Waals surface area contributed by atoms with E-state index in [0.29, 0.717) is 18.6 Å². The van der Waals surface area contributed by atoms with Gasteiger partial charge in [0.1, 0.15) is 0 Å². The maximum Gasteiger partial charge on any atom is 0.0564 e. The fourth-order valence-electron chi connectivity index (χ4n) is 1.58. The molecule has 2 atom stereocenters. The van der Waals surface area contributed by atoms with E-state index in [4.69, 9.17) is 5.73 Å². The molecule has 2 nitrogen and oxygen atoms in total. The molecule has 0 bridgehead atoms. The van der Waals surface area contributed by atoms with E-state index in [1.54, 1.807) is 11.3 Å². The van der Waals surface area contributed by atoms with Crippen molar-refractivity contribution >= 4 is 27.3 Å². The third-order valence-electron chi connectivity index (χ3n) is 2.92. The van der Waals surface area contributed by atoms with E-state index >= 15 is 0 Å². The molecule has 1 rings (SSSR count). The van der Waals surface area contributed by atoms with Crippen molar-refractivity contribution in [1.29, 1.82) is 0 Å². The Kier molecular flexibility index (Phi) is 5.26. The van der Waals surface area contributed by atoms with Crippen molar-refractivity contribution in [2.75, 3.05) is 13.6 Å². The van der Waals surface area contributed by atoms with Crippen LogP contribution in [0.25, 0.3) is 0 Å². The third kappa shape index (κ3) is 3.28. The van der Waals surface area contributed by atoms with Gasteiger partial charge >= 0.3 is 0 Å². The molecule has 0 saturated carbocycles. The summed E-state index contributed by atoms with van der Waals surface area (Å²) < 4.78 is 1.15.